The van der Waals surface area contributed by atoms with Crippen LogP contribution in [-0.4, -0.2) is 18.1 Å². The molecule has 1 saturated heterocycles. The van der Waals surface area contributed by atoms with Crippen molar-refractivity contribution < 1.29 is 4.39 Å². The molecule has 2 aromatic rings. The molecule has 0 radical (unpaired) electrons. The lowest BCUT2D eigenvalue weighted by atomic mass is 10.1. The van der Waals surface area contributed by atoms with Crippen LogP contribution in [0.25, 0.3) is 0 Å². The number of halogens is 1. The highest BCUT2D eigenvalue weighted by molar-refractivity contribution is 5.49. The maximum Gasteiger partial charge on any atom is 0.128 e. The third-order valence-corrected chi connectivity index (χ3v) is 3.97. The van der Waals surface area contributed by atoms with Gasteiger partial charge in [-0.25, -0.2) is 9.37 Å². The molecule has 4 heteroatoms. The van der Waals surface area contributed by atoms with E-state index in [1.54, 1.807) is 12.1 Å². The van der Waals surface area contributed by atoms with E-state index >= 15 is 0 Å². The minimum atomic E-state index is -0.195. The molecule has 1 N–H and O–H groups in total. The summed E-state index contributed by atoms with van der Waals surface area (Å²) in [4.78, 5) is 6.81. The van der Waals surface area contributed by atoms with Crippen molar-refractivity contribution in [1.82, 2.24) is 4.98 Å². The highest BCUT2D eigenvalue weighted by atomic mass is 19.1. The Balaban J connectivity index is 1.64. The van der Waals surface area contributed by atoms with Crippen LogP contribution in [0.1, 0.15) is 24.0 Å². The Labute approximate surface area is 124 Å². The molecule has 0 aliphatic carbocycles. The molecule has 21 heavy (non-hydrogen) atoms. The predicted molar refractivity (Wildman–Crippen MR) is 84.1 cm³/mol. The second-order valence-corrected chi connectivity index (χ2v) is 5.52. The van der Waals surface area contributed by atoms with Crippen molar-refractivity contribution in [3.8, 4) is 0 Å². The van der Waals surface area contributed by atoms with Gasteiger partial charge in [-0.3, -0.25) is 0 Å². The van der Waals surface area contributed by atoms with Crippen molar-refractivity contribution in [2.75, 3.05) is 23.3 Å². The number of hydrogen-bond acceptors (Lipinski definition) is 3. The fourth-order valence-electron chi connectivity index (χ4n) is 2.65. The summed E-state index contributed by atoms with van der Waals surface area (Å²) < 4.78 is 13.3. The highest BCUT2D eigenvalue weighted by Crippen LogP contribution is 2.19. The molecule has 0 saturated carbocycles. The van der Waals surface area contributed by atoms with Gasteiger partial charge in [0.25, 0.3) is 0 Å². The normalized spacial score (nSPS) is 14.5. The monoisotopic (exact) mass is 285 g/mol. The molecule has 110 valence electrons. The smallest absolute Gasteiger partial charge is 0.128 e. The van der Waals surface area contributed by atoms with E-state index in [2.05, 4.69) is 15.2 Å². The molecule has 0 unspecified atom stereocenters. The van der Waals surface area contributed by atoms with Crippen molar-refractivity contribution in [3.05, 3.63) is 53.5 Å². The standard InChI is InChI=1S/C17H20FN3/c1-13-4-5-15(18)10-14(13)11-19-16-6-7-17(20-12-16)21-8-2-3-9-21/h4-7,10,12,19H,2-3,8-9,11H2,1H3. The van der Waals surface area contributed by atoms with Gasteiger partial charge < -0.3 is 10.2 Å². The van der Waals surface area contributed by atoms with E-state index < -0.39 is 0 Å². The number of pyridine rings is 1. The SMILES string of the molecule is Cc1ccc(F)cc1CNc1ccc(N2CCCC2)nc1. The maximum atomic E-state index is 13.3. The van der Waals surface area contributed by atoms with Gasteiger partial charge in [-0.2, -0.15) is 0 Å². The fraction of sp³-hybridized carbons (Fsp3) is 0.353. The summed E-state index contributed by atoms with van der Waals surface area (Å²) in [6.45, 7) is 4.80. The Morgan fingerprint density at radius 1 is 1.19 bits per heavy atom. The summed E-state index contributed by atoms with van der Waals surface area (Å²) in [5, 5.41) is 3.30. The molecule has 1 aliphatic rings. The van der Waals surface area contributed by atoms with E-state index in [9.17, 15) is 4.39 Å². The Bertz CT molecular complexity index is 604. The fourth-order valence-corrected chi connectivity index (χ4v) is 2.65. The van der Waals surface area contributed by atoms with Gasteiger partial charge in [-0.05, 0) is 55.2 Å². The third-order valence-electron chi connectivity index (χ3n) is 3.97. The summed E-state index contributed by atoms with van der Waals surface area (Å²) in [6.07, 6.45) is 4.35. The molecule has 1 fully saturated rings. The number of nitrogens with zero attached hydrogens (tertiary/aromatic N) is 2. The molecular weight excluding hydrogens is 265 g/mol. The predicted octanol–water partition coefficient (Wildman–Crippen LogP) is 3.74. The van der Waals surface area contributed by atoms with Crippen LogP contribution in [0.3, 0.4) is 0 Å². The Morgan fingerprint density at radius 2 is 2.00 bits per heavy atom. The summed E-state index contributed by atoms with van der Waals surface area (Å²) in [6, 6.07) is 8.96. The van der Waals surface area contributed by atoms with Crippen LogP contribution in [0.4, 0.5) is 15.9 Å². The minimum Gasteiger partial charge on any atom is -0.380 e. The largest absolute Gasteiger partial charge is 0.380 e. The van der Waals surface area contributed by atoms with E-state index in [0.717, 1.165) is 35.7 Å². The van der Waals surface area contributed by atoms with Crippen molar-refractivity contribution in [2.45, 2.75) is 26.3 Å². The zero-order valence-electron chi connectivity index (χ0n) is 12.3. The molecule has 3 rings (SSSR count). The molecule has 1 aromatic heterocycles. The van der Waals surface area contributed by atoms with Gasteiger partial charge in [0.1, 0.15) is 11.6 Å². The van der Waals surface area contributed by atoms with Gasteiger partial charge in [0.15, 0.2) is 0 Å². The van der Waals surface area contributed by atoms with Crippen molar-refractivity contribution in [3.63, 3.8) is 0 Å². The maximum absolute atomic E-state index is 13.3. The van der Waals surface area contributed by atoms with E-state index in [-0.39, 0.29) is 5.82 Å². The van der Waals surface area contributed by atoms with Crippen molar-refractivity contribution >= 4 is 11.5 Å². The topological polar surface area (TPSA) is 28.2 Å². The van der Waals surface area contributed by atoms with Crippen molar-refractivity contribution in [2.24, 2.45) is 0 Å². The third kappa shape index (κ3) is 3.32. The molecular formula is C17H20FN3. The second-order valence-electron chi connectivity index (χ2n) is 5.52. The first-order chi connectivity index (χ1) is 10.2. The number of nitrogens with one attached hydrogen (secondary N) is 1. The van der Waals surface area contributed by atoms with Crippen LogP contribution >= 0.6 is 0 Å². The van der Waals surface area contributed by atoms with E-state index in [1.807, 2.05) is 25.3 Å². The van der Waals surface area contributed by atoms with E-state index in [1.165, 1.54) is 18.9 Å². The van der Waals surface area contributed by atoms with Crippen LogP contribution in [-0.2, 0) is 6.54 Å². The molecule has 3 nitrogen and oxygen atoms in total. The zero-order valence-corrected chi connectivity index (χ0v) is 12.3. The number of anilines is 2. The van der Waals surface area contributed by atoms with Crippen LogP contribution in [0.15, 0.2) is 36.5 Å². The van der Waals surface area contributed by atoms with Gasteiger partial charge >= 0.3 is 0 Å². The molecule has 0 atom stereocenters. The Morgan fingerprint density at radius 3 is 2.71 bits per heavy atom. The van der Waals surface area contributed by atoms with Gasteiger partial charge in [0.05, 0.1) is 11.9 Å². The van der Waals surface area contributed by atoms with Crippen LogP contribution in [0.5, 0.6) is 0 Å². The average molecular weight is 285 g/mol. The number of aromatic nitrogens is 1. The minimum absolute atomic E-state index is 0.195. The summed E-state index contributed by atoms with van der Waals surface area (Å²) in [7, 11) is 0. The van der Waals surface area contributed by atoms with Crippen LogP contribution in [0.2, 0.25) is 0 Å². The first-order valence-corrected chi connectivity index (χ1v) is 7.42. The van der Waals surface area contributed by atoms with Crippen LogP contribution in [0, 0.1) is 12.7 Å². The lowest BCUT2D eigenvalue weighted by Gasteiger charge is -2.16. The molecule has 2 heterocycles. The Kier molecular flexibility index (Phi) is 4.04. The second kappa shape index (κ2) is 6.12. The van der Waals surface area contributed by atoms with Gasteiger partial charge in [0.2, 0.25) is 0 Å². The number of aryl methyl sites for hydroxylation is 1. The molecule has 0 bridgehead atoms. The average Bonchev–Trinajstić information content (AvgIpc) is 3.03. The lowest BCUT2D eigenvalue weighted by molar-refractivity contribution is 0.625. The number of hydrogen-bond donors (Lipinski definition) is 1. The highest BCUT2D eigenvalue weighted by Gasteiger charge is 2.12. The first-order valence-electron chi connectivity index (χ1n) is 7.42. The first kappa shape index (κ1) is 13.9. The lowest BCUT2D eigenvalue weighted by Crippen LogP contribution is -2.18. The van der Waals surface area contributed by atoms with Crippen molar-refractivity contribution in [1.29, 1.82) is 0 Å². The van der Waals surface area contributed by atoms with E-state index in [4.69, 9.17) is 0 Å². The molecule has 0 spiro atoms. The van der Waals surface area contributed by atoms with Crippen LogP contribution < -0.4 is 10.2 Å². The molecule has 0 amide bonds. The summed E-state index contributed by atoms with van der Waals surface area (Å²) in [5.74, 6) is 0.847. The van der Waals surface area contributed by atoms with Gasteiger partial charge in [-0.15, -0.1) is 0 Å². The molecule has 1 aromatic carbocycles. The summed E-state index contributed by atoms with van der Waals surface area (Å²) in [5.41, 5.74) is 3.02. The van der Waals surface area contributed by atoms with E-state index in [0.29, 0.717) is 6.54 Å². The molecule has 1 aliphatic heterocycles. The van der Waals surface area contributed by atoms with Gasteiger partial charge in [-0.1, -0.05) is 6.07 Å². The number of benzene rings is 1. The number of rotatable bonds is 4. The summed E-state index contributed by atoms with van der Waals surface area (Å²) >= 11 is 0. The Hall–Kier alpha value is -2.10. The van der Waals surface area contributed by atoms with Gasteiger partial charge in [0, 0.05) is 19.6 Å². The zero-order chi connectivity index (χ0) is 14.7. The quantitative estimate of drug-likeness (QED) is 0.927.